The molecule has 1 saturated carbocycles. The molecule has 6 aromatic rings. The van der Waals surface area contributed by atoms with Gasteiger partial charge in [-0.3, -0.25) is 19.9 Å². The molecular weight excluding hydrogens is 595 g/mol. The van der Waals surface area contributed by atoms with Gasteiger partial charge in [0.2, 0.25) is 5.91 Å². The van der Waals surface area contributed by atoms with Crippen LogP contribution in [0.15, 0.2) is 67.1 Å². The first-order chi connectivity index (χ1) is 22.9. The Morgan fingerprint density at radius 3 is 2.70 bits per heavy atom. The van der Waals surface area contributed by atoms with E-state index in [1.165, 1.54) is 31.4 Å². The normalized spacial score (nSPS) is 13.9. The molecular formula is C36H37FN8O2. The van der Waals surface area contributed by atoms with Crippen LogP contribution in [0.5, 0.6) is 5.75 Å². The number of aromatic nitrogens is 6. The average molecular weight is 633 g/mol. The molecule has 240 valence electrons. The number of ether oxygens (including phenoxy) is 1. The van der Waals surface area contributed by atoms with Crippen LogP contribution >= 0.6 is 0 Å². The zero-order chi connectivity index (χ0) is 32.3. The monoisotopic (exact) mass is 632 g/mol. The summed E-state index contributed by atoms with van der Waals surface area (Å²) in [5.74, 6) is 1.08. The summed E-state index contributed by atoms with van der Waals surface area (Å²) in [5.41, 5.74) is 6.42. The lowest BCUT2D eigenvalue weighted by molar-refractivity contribution is -0.117. The van der Waals surface area contributed by atoms with Gasteiger partial charge in [0.1, 0.15) is 29.4 Å². The second-order valence-corrected chi connectivity index (χ2v) is 12.5. The molecule has 0 unspecified atom stereocenters. The molecule has 1 aliphatic carbocycles. The molecule has 0 radical (unpaired) electrons. The van der Waals surface area contributed by atoms with Crippen molar-refractivity contribution in [2.24, 2.45) is 5.92 Å². The van der Waals surface area contributed by atoms with Gasteiger partial charge >= 0.3 is 0 Å². The fourth-order valence-electron chi connectivity index (χ4n) is 6.29. The summed E-state index contributed by atoms with van der Waals surface area (Å²) in [6.45, 7) is 1.14. The van der Waals surface area contributed by atoms with E-state index in [0.717, 1.165) is 40.4 Å². The molecule has 10 nitrogen and oxygen atoms in total. The number of likely N-dealkylation sites (N-methyl/N-ethyl adjacent to an activating group) is 1. The maximum Gasteiger partial charge on any atom is 0.224 e. The number of nitrogens with one attached hydrogen (secondary N) is 3. The molecule has 7 rings (SSSR count). The van der Waals surface area contributed by atoms with Crippen molar-refractivity contribution < 1.29 is 13.9 Å². The molecule has 1 aliphatic rings. The molecule has 1 amide bonds. The van der Waals surface area contributed by atoms with Gasteiger partial charge in [0.15, 0.2) is 5.82 Å². The van der Waals surface area contributed by atoms with Gasteiger partial charge in [0.05, 0.1) is 28.6 Å². The number of imidazole rings is 1. The Balaban J connectivity index is 1.16. The highest BCUT2D eigenvalue weighted by atomic mass is 19.1. The van der Waals surface area contributed by atoms with Crippen molar-refractivity contribution in [1.82, 2.24) is 35.0 Å². The van der Waals surface area contributed by atoms with E-state index in [0.29, 0.717) is 65.2 Å². The third-order valence-corrected chi connectivity index (χ3v) is 8.69. The number of hydrogen-bond donors (Lipinski definition) is 3. The molecule has 1 fully saturated rings. The fraction of sp³-hybridized carbons (Fsp3) is 0.306. The van der Waals surface area contributed by atoms with Crippen molar-refractivity contribution in [3.05, 3.63) is 72.9 Å². The van der Waals surface area contributed by atoms with Crippen molar-refractivity contribution >= 4 is 33.5 Å². The van der Waals surface area contributed by atoms with Gasteiger partial charge in [0.25, 0.3) is 0 Å². The van der Waals surface area contributed by atoms with E-state index < -0.39 is 5.82 Å². The zero-order valence-corrected chi connectivity index (χ0v) is 26.5. The summed E-state index contributed by atoms with van der Waals surface area (Å²) in [7, 11) is 3.91. The molecule has 0 spiro atoms. The Kier molecular flexibility index (Phi) is 8.62. The first-order valence-electron chi connectivity index (χ1n) is 16.1. The van der Waals surface area contributed by atoms with Crippen LogP contribution in [0.1, 0.15) is 38.5 Å². The van der Waals surface area contributed by atoms with Crippen LogP contribution in [0.4, 0.5) is 10.1 Å². The van der Waals surface area contributed by atoms with Crippen LogP contribution in [-0.4, -0.2) is 68.2 Å². The standard InChI is InChI=1S/C36H37FN8O2/c1-45(2)12-13-47-28-17-24(15-26(37)19-28)33-35-31(10-11-39-33)41-36(42-35)34-29-18-23(8-9-30(29)43-44-34)25-16-27(21-38-20-25)40-32(46)14-22-6-4-3-5-7-22/h8-11,15-22H,3-7,12-14H2,1-2H3,(H,40,46)(H,41,42)(H,43,44). The lowest BCUT2D eigenvalue weighted by Crippen LogP contribution is -2.19. The highest BCUT2D eigenvalue weighted by molar-refractivity contribution is 5.98. The number of benzene rings is 2. The molecule has 3 N–H and O–H groups in total. The van der Waals surface area contributed by atoms with Gasteiger partial charge in [-0.2, -0.15) is 5.10 Å². The molecule has 47 heavy (non-hydrogen) atoms. The van der Waals surface area contributed by atoms with Crippen molar-refractivity contribution in [2.45, 2.75) is 38.5 Å². The second kappa shape index (κ2) is 13.3. The number of aromatic amines is 2. The first kappa shape index (κ1) is 30.5. The van der Waals surface area contributed by atoms with Crippen molar-refractivity contribution in [1.29, 1.82) is 0 Å². The quantitative estimate of drug-likeness (QED) is 0.146. The van der Waals surface area contributed by atoms with E-state index >= 15 is 0 Å². The fourth-order valence-corrected chi connectivity index (χ4v) is 6.29. The number of hydrogen-bond acceptors (Lipinski definition) is 7. The number of pyridine rings is 2. The number of amides is 1. The highest BCUT2D eigenvalue weighted by Gasteiger charge is 2.19. The predicted molar refractivity (Wildman–Crippen MR) is 181 cm³/mol. The number of carbonyl (C=O) groups is 1. The van der Waals surface area contributed by atoms with E-state index in [2.05, 4.69) is 30.5 Å². The molecule has 0 saturated heterocycles. The smallest absolute Gasteiger partial charge is 0.224 e. The molecule has 11 heteroatoms. The van der Waals surface area contributed by atoms with Gasteiger partial charge < -0.3 is 19.9 Å². The predicted octanol–water partition coefficient (Wildman–Crippen LogP) is 7.22. The van der Waals surface area contributed by atoms with Gasteiger partial charge in [-0.05, 0) is 74.8 Å². The third-order valence-electron chi connectivity index (χ3n) is 8.69. The Labute approximate surface area is 271 Å². The van der Waals surface area contributed by atoms with E-state index in [1.807, 2.05) is 49.3 Å². The van der Waals surface area contributed by atoms with Crippen molar-refractivity contribution in [3.8, 4) is 39.7 Å². The number of fused-ring (bicyclic) bond motifs is 2. The maximum absolute atomic E-state index is 14.7. The van der Waals surface area contributed by atoms with Crippen molar-refractivity contribution in [3.63, 3.8) is 0 Å². The van der Waals surface area contributed by atoms with Gasteiger partial charge in [-0.1, -0.05) is 25.3 Å². The molecule has 2 aromatic carbocycles. The van der Waals surface area contributed by atoms with Crippen LogP contribution < -0.4 is 10.1 Å². The highest BCUT2D eigenvalue weighted by Crippen LogP contribution is 2.34. The first-order valence-corrected chi connectivity index (χ1v) is 16.1. The largest absolute Gasteiger partial charge is 0.492 e. The van der Waals surface area contributed by atoms with Crippen LogP contribution in [0.25, 0.3) is 55.8 Å². The van der Waals surface area contributed by atoms with E-state index in [9.17, 15) is 9.18 Å². The zero-order valence-electron chi connectivity index (χ0n) is 26.5. The van der Waals surface area contributed by atoms with E-state index in [-0.39, 0.29) is 5.91 Å². The summed E-state index contributed by atoms with van der Waals surface area (Å²) in [4.78, 5) is 32.0. The SMILES string of the molecule is CN(C)CCOc1cc(F)cc(-c2nccc3[nH]c(-c4n[nH]c5ccc(-c6cncc(NC(=O)CC7CCCCC7)c6)cc45)nc23)c1. The second-order valence-electron chi connectivity index (χ2n) is 12.5. The minimum absolute atomic E-state index is 0.0356. The van der Waals surface area contributed by atoms with E-state index in [1.54, 1.807) is 24.7 Å². The van der Waals surface area contributed by atoms with E-state index in [4.69, 9.17) is 9.72 Å². The van der Waals surface area contributed by atoms with Crippen LogP contribution in [0, 0.1) is 11.7 Å². The Morgan fingerprint density at radius 1 is 0.979 bits per heavy atom. The average Bonchev–Trinajstić information content (AvgIpc) is 3.69. The summed E-state index contributed by atoms with van der Waals surface area (Å²) in [5, 5.41) is 11.6. The number of anilines is 1. The Hall–Kier alpha value is -5.16. The lowest BCUT2D eigenvalue weighted by atomic mass is 9.87. The number of rotatable bonds is 10. The van der Waals surface area contributed by atoms with Crippen LogP contribution in [0.2, 0.25) is 0 Å². The Bertz CT molecular complexity index is 2050. The summed E-state index contributed by atoms with van der Waals surface area (Å²) >= 11 is 0. The molecule has 4 heterocycles. The molecule has 0 aliphatic heterocycles. The third kappa shape index (κ3) is 6.85. The number of nitrogens with zero attached hydrogens (tertiary/aromatic N) is 5. The molecule has 4 aromatic heterocycles. The number of carbonyl (C=O) groups excluding carboxylic acids is 1. The van der Waals surface area contributed by atoms with Gasteiger partial charge in [0, 0.05) is 47.9 Å². The topological polar surface area (TPSA) is 125 Å². The lowest BCUT2D eigenvalue weighted by Gasteiger charge is -2.20. The molecule has 0 atom stereocenters. The number of halogens is 1. The summed E-state index contributed by atoms with van der Waals surface area (Å²) in [6.07, 6.45) is 11.6. The Morgan fingerprint density at radius 2 is 1.85 bits per heavy atom. The number of H-pyrrole nitrogens is 2. The van der Waals surface area contributed by atoms with Gasteiger partial charge in [-0.25, -0.2) is 9.37 Å². The van der Waals surface area contributed by atoms with Crippen LogP contribution in [0.3, 0.4) is 0 Å². The summed E-state index contributed by atoms with van der Waals surface area (Å²) in [6, 6.07) is 14.4. The minimum atomic E-state index is -0.412. The molecule has 0 bridgehead atoms. The van der Waals surface area contributed by atoms with Crippen molar-refractivity contribution in [2.75, 3.05) is 32.6 Å². The minimum Gasteiger partial charge on any atom is -0.492 e. The maximum atomic E-state index is 14.7. The summed E-state index contributed by atoms with van der Waals surface area (Å²) < 4.78 is 20.5. The van der Waals surface area contributed by atoms with Gasteiger partial charge in [-0.15, -0.1) is 0 Å². The van der Waals surface area contributed by atoms with Crippen LogP contribution in [-0.2, 0) is 4.79 Å².